The molecule has 0 fully saturated rings. The van der Waals surface area contributed by atoms with Crippen LogP contribution in [0.3, 0.4) is 0 Å². The van der Waals surface area contributed by atoms with Gasteiger partial charge in [-0.15, -0.1) is 0 Å². The van der Waals surface area contributed by atoms with E-state index in [2.05, 4.69) is 21.2 Å². The van der Waals surface area contributed by atoms with Crippen molar-refractivity contribution in [2.24, 2.45) is 0 Å². The van der Waals surface area contributed by atoms with Gasteiger partial charge in [-0.2, -0.15) is 0 Å². The van der Waals surface area contributed by atoms with Crippen LogP contribution in [0.5, 0.6) is 5.75 Å². The molecular formula is C22H19BrF2N2O3. The molecule has 0 unspecified atom stereocenters. The number of nitrogens with one attached hydrogen (secondary N) is 1. The zero-order chi connectivity index (χ0) is 22.0. The number of carbonyl (C=O) groups excluding carboxylic acids is 1. The predicted octanol–water partition coefficient (Wildman–Crippen LogP) is 4.43. The van der Waals surface area contributed by atoms with Gasteiger partial charge in [-0.1, -0.05) is 6.07 Å². The Bertz CT molecular complexity index is 1190. The monoisotopic (exact) mass is 476 g/mol. The van der Waals surface area contributed by atoms with Gasteiger partial charge >= 0.3 is 0 Å². The van der Waals surface area contributed by atoms with Crippen LogP contribution >= 0.6 is 15.9 Å². The molecule has 3 rings (SSSR count). The summed E-state index contributed by atoms with van der Waals surface area (Å²) in [5.41, 5.74) is 2.02. The van der Waals surface area contributed by atoms with E-state index in [0.717, 1.165) is 12.1 Å². The Hall–Kier alpha value is -3.00. The van der Waals surface area contributed by atoms with Crippen molar-refractivity contribution in [2.45, 2.75) is 20.5 Å². The lowest BCUT2D eigenvalue weighted by Gasteiger charge is -2.17. The fraction of sp³-hybridized carbons (Fsp3) is 0.182. The third-order valence-electron chi connectivity index (χ3n) is 4.72. The molecule has 0 aliphatic rings. The van der Waals surface area contributed by atoms with Crippen LogP contribution < -0.4 is 15.6 Å². The summed E-state index contributed by atoms with van der Waals surface area (Å²) in [6, 6.07) is 9.98. The number of carbonyl (C=O) groups is 1. The summed E-state index contributed by atoms with van der Waals surface area (Å²) in [6.45, 7) is 3.32. The summed E-state index contributed by atoms with van der Waals surface area (Å²) in [5.74, 6) is -1.42. The average molecular weight is 477 g/mol. The summed E-state index contributed by atoms with van der Waals surface area (Å²) >= 11 is 3.26. The van der Waals surface area contributed by atoms with E-state index in [0.29, 0.717) is 22.5 Å². The number of nitrogens with zero attached hydrogens (tertiary/aromatic N) is 1. The molecular weight excluding hydrogens is 458 g/mol. The molecule has 1 amide bonds. The third kappa shape index (κ3) is 4.14. The molecule has 5 nitrogen and oxygen atoms in total. The molecule has 30 heavy (non-hydrogen) atoms. The largest absolute Gasteiger partial charge is 0.487 e. The van der Waals surface area contributed by atoms with Crippen LogP contribution in [0.2, 0.25) is 0 Å². The molecule has 3 aromatic rings. The molecule has 2 aromatic carbocycles. The lowest BCUT2D eigenvalue weighted by atomic mass is 10.1. The van der Waals surface area contributed by atoms with Gasteiger partial charge in [0.05, 0.1) is 5.69 Å². The molecule has 1 aromatic heterocycles. The van der Waals surface area contributed by atoms with Gasteiger partial charge < -0.3 is 10.1 Å². The lowest BCUT2D eigenvalue weighted by molar-refractivity contribution is 0.0962. The highest BCUT2D eigenvalue weighted by Gasteiger charge is 2.18. The maximum absolute atomic E-state index is 13.8. The number of ether oxygens (including phenoxy) is 1. The molecule has 0 aliphatic carbocycles. The first-order valence-electron chi connectivity index (χ1n) is 9.05. The first-order chi connectivity index (χ1) is 14.2. The second-order valence-corrected chi connectivity index (χ2v) is 7.45. The third-order valence-corrected chi connectivity index (χ3v) is 5.45. The Balaban J connectivity index is 2.00. The van der Waals surface area contributed by atoms with Crippen molar-refractivity contribution in [3.05, 3.63) is 91.3 Å². The maximum Gasteiger partial charge on any atom is 0.273 e. The summed E-state index contributed by atoms with van der Waals surface area (Å²) in [5, 5.41) is 2.58. The van der Waals surface area contributed by atoms with Crippen LogP contribution in [0.15, 0.2) is 51.7 Å². The minimum atomic E-state index is -0.724. The number of amides is 1. The molecule has 0 saturated heterocycles. The highest BCUT2D eigenvalue weighted by atomic mass is 79.9. The average Bonchev–Trinajstić information content (AvgIpc) is 2.71. The summed E-state index contributed by atoms with van der Waals surface area (Å²) in [7, 11) is 1.54. The van der Waals surface area contributed by atoms with Gasteiger partial charge in [0.15, 0.2) is 0 Å². The zero-order valence-electron chi connectivity index (χ0n) is 16.6. The van der Waals surface area contributed by atoms with Crippen molar-refractivity contribution in [3.63, 3.8) is 0 Å². The van der Waals surface area contributed by atoms with E-state index in [4.69, 9.17) is 4.74 Å². The van der Waals surface area contributed by atoms with Crippen LogP contribution in [0.1, 0.15) is 27.2 Å². The van der Waals surface area contributed by atoms with E-state index >= 15 is 0 Å². The molecule has 0 bridgehead atoms. The number of hydrogen-bond donors (Lipinski definition) is 1. The van der Waals surface area contributed by atoms with Crippen molar-refractivity contribution < 1.29 is 18.3 Å². The van der Waals surface area contributed by atoms with Crippen molar-refractivity contribution in [1.29, 1.82) is 0 Å². The van der Waals surface area contributed by atoms with Crippen molar-refractivity contribution in [3.8, 4) is 11.4 Å². The zero-order valence-corrected chi connectivity index (χ0v) is 18.1. The number of halogens is 3. The molecule has 1 N–H and O–H groups in total. The number of benzene rings is 2. The van der Waals surface area contributed by atoms with Crippen molar-refractivity contribution >= 4 is 21.8 Å². The van der Waals surface area contributed by atoms with E-state index in [1.807, 2.05) is 0 Å². The Morgan fingerprint density at radius 1 is 1.17 bits per heavy atom. The SMILES string of the molecule is CNC(=O)c1cccc(-n2c(C)cc(OCc3ccc(F)cc3F)c(Br)c2=O)c1C. The molecule has 156 valence electrons. The summed E-state index contributed by atoms with van der Waals surface area (Å²) < 4.78 is 34.1. The van der Waals surface area contributed by atoms with E-state index in [-0.39, 0.29) is 33.9 Å². The van der Waals surface area contributed by atoms with E-state index in [9.17, 15) is 18.4 Å². The van der Waals surface area contributed by atoms with Gasteiger partial charge in [0, 0.05) is 36.0 Å². The smallest absolute Gasteiger partial charge is 0.273 e. The van der Waals surface area contributed by atoms with Gasteiger partial charge in [-0.25, -0.2) is 8.78 Å². The topological polar surface area (TPSA) is 60.3 Å². The highest BCUT2D eigenvalue weighted by molar-refractivity contribution is 9.10. The summed E-state index contributed by atoms with van der Waals surface area (Å²) in [6.07, 6.45) is 0. The quantitative estimate of drug-likeness (QED) is 0.592. The van der Waals surface area contributed by atoms with Gasteiger partial charge in [-0.3, -0.25) is 14.2 Å². The molecule has 0 aliphatic heterocycles. The highest BCUT2D eigenvalue weighted by Crippen LogP contribution is 2.27. The molecule has 8 heteroatoms. The number of hydrogen-bond acceptors (Lipinski definition) is 3. The van der Waals surface area contributed by atoms with Crippen LogP contribution in [-0.4, -0.2) is 17.5 Å². The van der Waals surface area contributed by atoms with Gasteiger partial charge in [-0.05, 0) is 59.6 Å². The second-order valence-electron chi connectivity index (χ2n) is 6.66. The number of aryl methyl sites for hydroxylation is 1. The Morgan fingerprint density at radius 3 is 2.57 bits per heavy atom. The van der Waals surface area contributed by atoms with Crippen molar-refractivity contribution in [1.82, 2.24) is 9.88 Å². The standard InChI is InChI=1S/C22H19BrF2N2O3/c1-12-9-19(30-11-14-7-8-15(24)10-17(14)25)20(23)22(29)27(12)18-6-4-5-16(13(18)2)21(28)26-3/h4-10H,11H2,1-3H3,(H,26,28). The predicted molar refractivity (Wildman–Crippen MR) is 113 cm³/mol. The number of pyridine rings is 1. The van der Waals surface area contributed by atoms with Crippen LogP contribution in [0.25, 0.3) is 5.69 Å². The summed E-state index contributed by atoms with van der Waals surface area (Å²) in [4.78, 5) is 25.1. The van der Waals surface area contributed by atoms with E-state index in [1.165, 1.54) is 10.6 Å². The van der Waals surface area contributed by atoms with Crippen molar-refractivity contribution in [2.75, 3.05) is 7.05 Å². The number of rotatable bonds is 5. The molecule has 0 radical (unpaired) electrons. The lowest BCUT2D eigenvalue weighted by Crippen LogP contribution is -2.25. The minimum absolute atomic E-state index is 0.153. The first kappa shape index (κ1) is 21.7. The van der Waals surface area contributed by atoms with Crippen LogP contribution in [0, 0.1) is 25.5 Å². The molecule has 0 spiro atoms. The van der Waals surface area contributed by atoms with Crippen LogP contribution in [0.4, 0.5) is 8.78 Å². The van der Waals surface area contributed by atoms with E-state index in [1.54, 1.807) is 45.2 Å². The normalized spacial score (nSPS) is 10.7. The van der Waals surface area contributed by atoms with Gasteiger partial charge in [0.25, 0.3) is 11.5 Å². The second kappa shape index (κ2) is 8.79. The first-order valence-corrected chi connectivity index (χ1v) is 9.84. The molecule has 0 atom stereocenters. The molecule has 0 saturated carbocycles. The molecule has 1 heterocycles. The van der Waals surface area contributed by atoms with Gasteiger partial charge in [0.1, 0.15) is 28.5 Å². The van der Waals surface area contributed by atoms with Crippen LogP contribution in [-0.2, 0) is 6.61 Å². The Kier molecular flexibility index (Phi) is 6.36. The Morgan fingerprint density at radius 2 is 1.90 bits per heavy atom. The fourth-order valence-electron chi connectivity index (χ4n) is 3.13. The minimum Gasteiger partial charge on any atom is -0.487 e. The fourth-order valence-corrected chi connectivity index (χ4v) is 3.53. The Labute approximate surface area is 180 Å². The van der Waals surface area contributed by atoms with Gasteiger partial charge in [0.2, 0.25) is 0 Å². The van der Waals surface area contributed by atoms with E-state index < -0.39 is 11.6 Å². The number of aromatic nitrogens is 1. The maximum atomic E-state index is 13.8.